The van der Waals surface area contributed by atoms with Crippen molar-refractivity contribution >= 4 is 41.5 Å². The lowest BCUT2D eigenvalue weighted by Gasteiger charge is -2.35. The number of hydrogen-bond acceptors (Lipinski definition) is 7. The van der Waals surface area contributed by atoms with Gasteiger partial charge in [-0.3, -0.25) is 0 Å². The summed E-state index contributed by atoms with van der Waals surface area (Å²) >= 11 is 1.75. The number of aliphatic hydroxyl groups is 2. The monoisotopic (exact) mass is 478 g/mol. The number of aliphatic hydroxyl groups excluding tert-OH is 2. The van der Waals surface area contributed by atoms with Crippen LogP contribution in [0.25, 0.3) is 20.2 Å². The normalized spacial score (nSPS) is 22.9. The number of benzene rings is 2. The molecule has 174 valence electrons. The minimum atomic E-state index is -3.40. The fraction of sp³-hybridized carbons (Fsp3) is 0.478. The summed E-state index contributed by atoms with van der Waals surface area (Å²) in [6.45, 7) is 1.46. The minimum absolute atomic E-state index is 0.0681. The van der Waals surface area contributed by atoms with Crippen molar-refractivity contribution in [3.63, 3.8) is 0 Å². The largest absolute Gasteiger partial charge is 0.492 e. The van der Waals surface area contributed by atoms with Gasteiger partial charge < -0.3 is 20.3 Å². The maximum atomic E-state index is 11.5. The molecule has 0 bridgehead atoms. The van der Waals surface area contributed by atoms with E-state index in [0.717, 1.165) is 12.0 Å². The molecule has 1 saturated carbocycles. The van der Waals surface area contributed by atoms with Crippen molar-refractivity contribution in [1.82, 2.24) is 10.0 Å². The van der Waals surface area contributed by atoms with E-state index in [0.29, 0.717) is 39.0 Å². The van der Waals surface area contributed by atoms with Gasteiger partial charge in [0.1, 0.15) is 12.4 Å². The highest BCUT2D eigenvalue weighted by atomic mass is 32.2. The molecular weight excluding hydrogens is 448 g/mol. The van der Waals surface area contributed by atoms with Crippen LogP contribution in [0, 0.1) is 5.92 Å². The topological polar surface area (TPSA) is 108 Å². The molecule has 0 radical (unpaired) electrons. The van der Waals surface area contributed by atoms with Crippen molar-refractivity contribution in [2.45, 2.75) is 37.5 Å². The molecule has 0 spiro atoms. The smallest absolute Gasteiger partial charge is 0.209 e. The Hall–Kier alpha value is -1.75. The van der Waals surface area contributed by atoms with Crippen LogP contribution in [-0.4, -0.2) is 62.8 Å². The molecule has 3 aromatic rings. The van der Waals surface area contributed by atoms with Gasteiger partial charge in [-0.05, 0) is 49.4 Å². The summed E-state index contributed by atoms with van der Waals surface area (Å²) in [4.78, 5) is 0. The minimum Gasteiger partial charge on any atom is -0.492 e. The van der Waals surface area contributed by atoms with E-state index in [1.165, 1.54) is 20.2 Å². The lowest BCUT2D eigenvalue weighted by molar-refractivity contribution is 0.0253. The van der Waals surface area contributed by atoms with Crippen molar-refractivity contribution in [3.05, 3.63) is 42.5 Å². The van der Waals surface area contributed by atoms with Crippen LogP contribution in [0.5, 0.6) is 5.75 Å². The molecule has 0 amide bonds. The molecule has 32 heavy (non-hydrogen) atoms. The van der Waals surface area contributed by atoms with Crippen LogP contribution in [-0.2, 0) is 10.0 Å². The first-order chi connectivity index (χ1) is 15.3. The number of nitrogens with one attached hydrogen (secondary N) is 2. The van der Waals surface area contributed by atoms with E-state index in [1.807, 2.05) is 12.1 Å². The Bertz CT molecular complexity index is 1160. The second-order valence-corrected chi connectivity index (χ2v) is 11.4. The predicted molar refractivity (Wildman–Crippen MR) is 129 cm³/mol. The van der Waals surface area contributed by atoms with Crippen LogP contribution in [0.2, 0.25) is 0 Å². The quantitative estimate of drug-likeness (QED) is 0.352. The van der Waals surface area contributed by atoms with Crippen molar-refractivity contribution in [2.75, 3.05) is 26.0 Å². The summed E-state index contributed by atoms with van der Waals surface area (Å²) < 4.78 is 33.8. The van der Waals surface area contributed by atoms with Crippen LogP contribution < -0.4 is 14.8 Å². The Morgan fingerprint density at radius 1 is 1.16 bits per heavy atom. The first-order valence-corrected chi connectivity index (χ1v) is 13.6. The van der Waals surface area contributed by atoms with Crippen molar-refractivity contribution in [3.8, 4) is 5.75 Å². The van der Waals surface area contributed by atoms with Crippen LogP contribution >= 0.6 is 11.3 Å². The van der Waals surface area contributed by atoms with Crippen molar-refractivity contribution < 1.29 is 23.4 Å². The predicted octanol–water partition coefficient (Wildman–Crippen LogP) is 2.46. The van der Waals surface area contributed by atoms with Gasteiger partial charge in [-0.2, -0.15) is 0 Å². The molecule has 2 aromatic carbocycles. The standard InChI is InChI=1S/C23H30N2O5S2/c1-32(28,29)25-19-12-15(6-9-20(19)26)21(27)14-24-10-11-30-16-7-8-18-17-4-2-3-5-22(17)31-23(18)13-16/h2-5,7-8,13,15,19-21,24-27H,6,9-12,14H2,1H3/t15?,19?,20?,21-/m0/s1. The third-order valence-electron chi connectivity index (χ3n) is 6.02. The molecule has 0 saturated heterocycles. The molecule has 1 fully saturated rings. The van der Waals surface area contributed by atoms with Gasteiger partial charge in [0.15, 0.2) is 0 Å². The highest BCUT2D eigenvalue weighted by molar-refractivity contribution is 7.88. The molecule has 1 aliphatic carbocycles. The average molecular weight is 479 g/mol. The summed E-state index contributed by atoms with van der Waals surface area (Å²) in [6.07, 6.45) is 1.31. The Morgan fingerprint density at radius 2 is 1.94 bits per heavy atom. The summed E-state index contributed by atoms with van der Waals surface area (Å²) in [5.74, 6) is 0.754. The van der Waals surface area contributed by atoms with Gasteiger partial charge in [0.25, 0.3) is 0 Å². The lowest BCUT2D eigenvalue weighted by atomic mass is 9.81. The molecule has 1 heterocycles. The third-order valence-corrected chi connectivity index (χ3v) is 7.88. The molecule has 7 nitrogen and oxygen atoms in total. The molecule has 9 heteroatoms. The van der Waals surface area contributed by atoms with E-state index in [9.17, 15) is 18.6 Å². The van der Waals surface area contributed by atoms with Crippen LogP contribution in [0.15, 0.2) is 42.5 Å². The fourth-order valence-corrected chi connectivity index (χ4v) is 6.33. The van der Waals surface area contributed by atoms with E-state index < -0.39 is 28.3 Å². The number of ether oxygens (including phenoxy) is 1. The maximum Gasteiger partial charge on any atom is 0.209 e. The molecule has 1 aliphatic rings. The van der Waals surface area contributed by atoms with Gasteiger partial charge in [-0.25, -0.2) is 13.1 Å². The molecule has 4 N–H and O–H groups in total. The number of sulfonamides is 1. The van der Waals surface area contributed by atoms with Gasteiger partial charge >= 0.3 is 0 Å². The first kappa shape index (κ1) is 23.4. The van der Waals surface area contributed by atoms with Gasteiger partial charge in [-0.15, -0.1) is 11.3 Å². The van der Waals surface area contributed by atoms with Crippen LogP contribution in [0.4, 0.5) is 0 Å². The Kier molecular flexibility index (Phi) is 7.34. The SMILES string of the molecule is CS(=O)(=O)NC1CC([C@@H](O)CNCCOc2ccc3c(c2)sc2ccccc23)CCC1O. The second kappa shape index (κ2) is 10.0. The summed E-state index contributed by atoms with van der Waals surface area (Å²) in [5.41, 5.74) is 0. The summed E-state index contributed by atoms with van der Waals surface area (Å²) in [7, 11) is -3.40. The maximum absolute atomic E-state index is 11.5. The van der Waals surface area contributed by atoms with E-state index in [2.05, 4.69) is 40.4 Å². The van der Waals surface area contributed by atoms with E-state index in [4.69, 9.17) is 4.74 Å². The molecule has 1 aromatic heterocycles. The fourth-order valence-electron chi connectivity index (χ4n) is 4.39. The first-order valence-electron chi connectivity index (χ1n) is 10.9. The highest BCUT2D eigenvalue weighted by Crippen LogP contribution is 2.35. The van der Waals surface area contributed by atoms with Crippen molar-refractivity contribution in [2.24, 2.45) is 5.92 Å². The Labute approximate surface area is 192 Å². The molecule has 4 rings (SSSR count). The zero-order valence-electron chi connectivity index (χ0n) is 18.0. The van der Waals surface area contributed by atoms with Gasteiger partial charge in [0.2, 0.25) is 10.0 Å². The Balaban J connectivity index is 1.22. The second-order valence-electron chi connectivity index (χ2n) is 8.51. The van der Waals surface area contributed by atoms with Crippen LogP contribution in [0.3, 0.4) is 0 Å². The molecule has 3 unspecified atom stereocenters. The van der Waals surface area contributed by atoms with Gasteiger partial charge in [0, 0.05) is 39.3 Å². The van der Waals surface area contributed by atoms with E-state index in [-0.39, 0.29) is 5.92 Å². The zero-order chi connectivity index (χ0) is 22.7. The third kappa shape index (κ3) is 5.78. The number of hydrogen-bond donors (Lipinski definition) is 4. The lowest BCUT2D eigenvalue weighted by Crippen LogP contribution is -2.49. The van der Waals surface area contributed by atoms with Crippen molar-refractivity contribution in [1.29, 1.82) is 0 Å². The average Bonchev–Trinajstić information content (AvgIpc) is 3.11. The van der Waals surface area contributed by atoms with Gasteiger partial charge in [-0.1, -0.05) is 18.2 Å². The van der Waals surface area contributed by atoms with Crippen LogP contribution in [0.1, 0.15) is 19.3 Å². The molecular formula is C23H30N2O5S2. The van der Waals surface area contributed by atoms with E-state index in [1.54, 1.807) is 11.3 Å². The number of thiophene rings is 1. The summed E-state index contributed by atoms with van der Waals surface area (Å²) in [6, 6.07) is 14.0. The summed E-state index contributed by atoms with van der Waals surface area (Å²) in [5, 5.41) is 26.3. The highest BCUT2D eigenvalue weighted by Gasteiger charge is 2.34. The molecule has 0 aliphatic heterocycles. The number of rotatable bonds is 9. The Morgan fingerprint density at radius 3 is 2.75 bits per heavy atom. The van der Waals surface area contributed by atoms with Gasteiger partial charge in [0.05, 0.1) is 18.5 Å². The van der Waals surface area contributed by atoms with E-state index >= 15 is 0 Å². The number of fused-ring (bicyclic) bond motifs is 3. The zero-order valence-corrected chi connectivity index (χ0v) is 19.7. The molecule has 4 atom stereocenters.